The predicted octanol–water partition coefficient (Wildman–Crippen LogP) is 3.40. The molecular formula is C17H20O3. The molecule has 1 atom stereocenters. The van der Waals surface area contributed by atoms with Gasteiger partial charge in [0.2, 0.25) is 0 Å². The Morgan fingerprint density at radius 3 is 1.85 bits per heavy atom. The maximum atomic E-state index is 10.5. The van der Waals surface area contributed by atoms with E-state index in [4.69, 9.17) is 9.47 Å². The highest BCUT2D eigenvalue weighted by atomic mass is 16.5. The summed E-state index contributed by atoms with van der Waals surface area (Å²) < 4.78 is 10.5. The molecule has 0 saturated carbocycles. The molecule has 2 aromatic carbocycles. The number of ether oxygens (including phenoxy) is 2. The van der Waals surface area contributed by atoms with Gasteiger partial charge in [0.1, 0.15) is 17.6 Å². The maximum Gasteiger partial charge on any atom is 0.124 e. The zero-order chi connectivity index (χ0) is 14.7. The Labute approximate surface area is 119 Å². The van der Waals surface area contributed by atoms with Crippen LogP contribution >= 0.6 is 0 Å². The molecule has 0 fully saturated rings. The van der Waals surface area contributed by atoms with Gasteiger partial charge < -0.3 is 14.6 Å². The van der Waals surface area contributed by atoms with Crippen LogP contribution in [0.15, 0.2) is 36.4 Å². The van der Waals surface area contributed by atoms with Gasteiger partial charge >= 0.3 is 0 Å². The van der Waals surface area contributed by atoms with Crippen molar-refractivity contribution in [2.75, 3.05) is 14.2 Å². The van der Waals surface area contributed by atoms with Gasteiger partial charge in [-0.05, 0) is 60.4 Å². The molecule has 0 aliphatic rings. The van der Waals surface area contributed by atoms with Gasteiger partial charge in [0.15, 0.2) is 0 Å². The molecule has 0 radical (unpaired) electrons. The van der Waals surface area contributed by atoms with Gasteiger partial charge in [0, 0.05) is 0 Å². The minimum atomic E-state index is -0.649. The summed E-state index contributed by atoms with van der Waals surface area (Å²) in [5.74, 6) is 1.65. The SMILES string of the molecule is COc1ccc(C(O)c2cc(C)c(OC)c(C)c2)cc1. The van der Waals surface area contributed by atoms with Gasteiger partial charge in [-0.15, -0.1) is 0 Å². The van der Waals surface area contributed by atoms with Crippen LogP contribution in [0.2, 0.25) is 0 Å². The van der Waals surface area contributed by atoms with E-state index in [1.807, 2.05) is 50.2 Å². The first kappa shape index (κ1) is 14.4. The minimum absolute atomic E-state index is 0.649. The van der Waals surface area contributed by atoms with Crippen molar-refractivity contribution in [3.05, 3.63) is 58.7 Å². The fourth-order valence-corrected chi connectivity index (χ4v) is 2.44. The summed E-state index contributed by atoms with van der Waals surface area (Å²) >= 11 is 0. The molecule has 0 aliphatic carbocycles. The number of hydrogen-bond acceptors (Lipinski definition) is 3. The van der Waals surface area contributed by atoms with Crippen molar-refractivity contribution in [2.24, 2.45) is 0 Å². The second-order valence-corrected chi connectivity index (χ2v) is 4.86. The van der Waals surface area contributed by atoms with Gasteiger partial charge in [-0.3, -0.25) is 0 Å². The number of hydrogen-bond donors (Lipinski definition) is 1. The summed E-state index contributed by atoms with van der Waals surface area (Å²) in [6.07, 6.45) is -0.649. The summed E-state index contributed by atoms with van der Waals surface area (Å²) in [7, 11) is 3.29. The second kappa shape index (κ2) is 5.97. The van der Waals surface area contributed by atoms with Gasteiger partial charge in [-0.1, -0.05) is 12.1 Å². The molecule has 0 heterocycles. The van der Waals surface area contributed by atoms with Crippen molar-refractivity contribution in [3.8, 4) is 11.5 Å². The van der Waals surface area contributed by atoms with Crippen molar-refractivity contribution < 1.29 is 14.6 Å². The second-order valence-electron chi connectivity index (χ2n) is 4.86. The Balaban J connectivity index is 2.34. The molecule has 3 heteroatoms. The molecule has 0 bridgehead atoms. The highest BCUT2D eigenvalue weighted by Crippen LogP contribution is 2.30. The third-order valence-corrected chi connectivity index (χ3v) is 3.43. The molecule has 106 valence electrons. The van der Waals surface area contributed by atoms with Crippen LogP contribution in [-0.2, 0) is 0 Å². The van der Waals surface area contributed by atoms with Crippen LogP contribution in [0.4, 0.5) is 0 Å². The minimum Gasteiger partial charge on any atom is -0.497 e. The molecule has 0 spiro atoms. The van der Waals surface area contributed by atoms with E-state index in [1.54, 1.807) is 14.2 Å². The summed E-state index contributed by atoms with van der Waals surface area (Å²) in [4.78, 5) is 0. The predicted molar refractivity (Wildman–Crippen MR) is 79.5 cm³/mol. The molecule has 20 heavy (non-hydrogen) atoms. The molecule has 2 aromatic rings. The molecule has 0 amide bonds. The highest BCUT2D eigenvalue weighted by molar-refractivity contribution is 5.46. The fourth-order valence-electron chi connectivity index (χ4n) is 2.44. The Kier molecular flexibility index (Phi) is 4.30. The van der Waals surface area contributed by atoms with Crippen molar-refractivity contribution in [2.45, 2.75) is 20.0 Å². The lowest BCUT2D eigenvalue weighted by molar-refractivity contribution is 0.220. The van der Waals surface area contributed by atoms with Gasteiger partial charge in [0.05, 0.1) is 14.2 Å². The number of methoxy groups -OCH3 is 2. The van der Waals surface area contributed by atoms with Crippen LogP contribution in [0.5, 0.6) is 11.5 Å². The lowest BCUT2D eigenvalue weighted by Gasteiger charge is -2.16. The van der Waals surface area contributed by atoms with E-state index in [-0.39, 0.29) is 0 Å². The first-order valence-electron chi connectivity index (χ1n) is 6.54. The summed E-state index contributed by atoms with van der Waals surface area (Å²) in [6.45, 7) is 3.96. The average molecular weight is 272 g/mol. The van der Waals surface area contributed by atoms with E-state index in [2.05, 4.69) is 0 Å². The van der Waals surface area contributed by atoms with Gasteiger partial charge in [0.25, 0.3) is 0 Å². The number of aliphatic hydroxyl groups excluding tert-OH is 1. The lowest BCUT2D eigenvalue weighted by atomic mass is 9.97. The Bertz CT molecular complexity index is 565. The van der Waals surface area contributed by atoms with Gasteiger partial charge in [-0.25, -0.2) is 0 Å². The van der Waals surface area contributed by atoms with Crippen LogP contribution in [0.3, 0.4) is 0 Å². The molecule has 0 aliphatic heterocycles. The van der Waals surface area contributed by atoms with Crippen LogP contribution in [-0.4, -0.2) is 19.3 Å². The Hall–Kier alpha value is -2.00. The lowest BCUT2D eigenvalue weighted by Crippen LogP contribution is -2.02. The van der Waals surface area contributed by atoms with Crippen molar-refractivity contribution in [3.63, 3.8) is 0 Å². The summed E-state index contributed by atoms with van der Waals surface area (Å²) in [6, 6.07) is 11.4. The summed E-state index contributed by atoms with van der Waals surface area (Å²) in [5.41, 5.74) is 3.76. The van der Waals surface area contributed by atoms with E-state index < -0.39 is 6.10 Å². The summed E-state index contributed by atoms with van der Waals surface area (Å²) in [5, 5.41) is 10.5. The number of aliphatic hydroxyl groups is 1. The van der Waals surface area contributed by atoms with Crippen molar-refractivity contribution in [1.29, 1.82) is 0 Å². The van der Waals surface area contributed by atoms with E-state index in [1.165, 1.54) is 0 Å². The largest absolute Gasteiger partial charge is 0.497 e. The Morgan fingerprint density at radius 2 is 1.40 bits per heavy atom. The quantitative estimate of drug-likeness (QED) is 0.927. The first-order chi connectivity index (χ1) is 9.56. The number of rotatable bonds is 4. The molecule has 1 N–H and O–H groups in total. The fraction of sp³-hybridized carbons (Fsp3) is 0.294. The average Bonchev–Trinajstić information content (AvgIpc) is 2.46. The zero-order valence-corrected chi connectivity index (χ0v) is 12.3. The molecular weight excluding hydrogens is 252 g/mol. The van der Waals surface area contributed by atoms with Crippen molar-refractivity contribution in [1.82, 2.24) is 0 Å². The smallest absolute Gasteiger partial charge is 0.124 e. The van der Waals surface area contributed by atoms with Crippen LogP contribution < -0.4 is 9.47 Å². The molecule has 2 rings (SSSR count). The van der Waals surface area contributed by atoms with E-state index in [9.17, 15) is 5.11 Å². The van der Waals surface area contributed by atoms with Crippen LogP contribution in [0.25, 0.3) is 0 Å². The van der Waals surface area contributed by atoms with Gasteiger partial charge in [-0.2, -0.15) is 0 Å². The first-order valence-corrected chi connectivity index (χ1v) is 6.54. The molecule has 0 aromatic heterocycles. The normalized spacial score (nSPS) is 12.1. The topological polar surface area (TPSA) is 38.7 Å². The van der Waals surface area contributed by atoms with Crippen LogP contribution in [0.1, 0.15) is 28.4 Å². The Morgan fingerprint density at radius 1 is 0.850 bits per heavy atom. The van der Waals surface area contributed by atoms with E-state index >= 15 is 0 Å². The third kappa shape index (κ3) is 2.78. The maximum absolute atomic E-state index is 10.5. The molecule has 0 saturated heterocycles. The third-order valence-electron chi connectivity index (χ3n) is 3.43. The van der Waals surface area contributed by atoms with Crippen molar-refractivity contribution >= 4 is 0 Å². The zero-order valence-electron chi connectivity index (χ0n) is 12.3. The monoisotopic (exact) mass is 272 g/mol. The highest BCUT2D eigenvalue weighted by Gasteiger charge is 2.14. The van der Waals surface area contributed by atoms with E-state index in [0.717, 1.165) is 33.8 Å². The number of benzene rings is 2. The van der Waals surface area contributed by atoms with Crippen LogP contribution in [0, 0.1) is 13.8 Å². The standard InChI is InChI=1S/C17H20O3/c1-11-9-14(10-12(2)17(11)20-4)16(18)13-5-7-15(19-3)8-6-13/h5-10,16,18H,1-4H3. The molecule has 1 unspecified atom stereocenters. The molecule has 3 nitrogen and oxygen atoms in total. The number of aryl methyl sites for hydroxylation is 2. The van der Waals surface area contributed by atoms with E-state index in [0.29, 0.717) is 0 Å².